The number of aromatic nitrogens is 3. The molecule has 0 saturated heterocycles. The summed E-state index contributed by atoms with van der Waals surface area (Å²) in [6, 6.07) is 8.10. The lowest BCUT2D eigenvalue weighted by atomic mass is 10.1. The molecule has 84 valence electrons. The first-order valence-corrected chi connectivity index (χ1v) is 5.38. The SMILES string of the molecule is Cc1ccccc1-c1cn(CCCO)nn1. The van der Waals surface area contributed by atoms with Crippen LogP contribution in [0.4, 0.5) is 0 Å². The van der Waals surface area contributed by atoms with E-state index in [1.165, 1.54) is 5.56 Å². The van der Waals surface area contributed by atoms with Gasteiger partial charge >= 0.3 is 0 Å². The first kappa shape index (κ1) is 10.8. The molecule has 4 heteroatoms. The molecule has 2 aromatic rings. The molecule has 1 aromatic heterocycles. The van der Waals surface area contributed by atoms with Crippen LogP contribution in [0.15, 0.2) is 30.5 Å². The van der Waals surface area contributed by atoms with Gasteiger partial charge in [0.25, 0.3) is 0 Å². The van der Waals surface area contributed by atoms with Gasteiger partial charge in [-0.2, -0.15) is 0 Å². The van der Waals surface area contributed by atoms with E-state index in [1.807, 2.05) is 24.4 Å². The second kappa shape index (κ2) is 4.90. The van der Waals surface area contributed by atoms with Crippen LogP contribution in [0.25, 0.3) is 11.3 Å². The molecule has 0 aliphatic rings. The largest absolute Gasteiger partial charge is 0.396 e. The van der Waals surface area contributed by atoms with Gasteiger partial charge in [-0.3, -0.25) is 4.68 Å². The summed E-state index contributed by atoms with van der Waals surface area (Å²) in [5, 5.41) is 16.9. The molecule has 0 saturated carbocycles. The third-order valence-corrected chi connectivity index (χ3v) is 2.50. The molecule has 0 aliphatic carbocycles. The number of rotatable bonds is 4. The van der Waals surface area contributed by atoms with E-state index in [9.17, 15) is 0 Å². The van der Waals surface area contributed by atoms with Gasteiger partial charge in [0, 0.05) is 18.7 Å². The van der Waals surface area contributed by atoms with Crippen LogP contribution in [0.2, 0.25) is 0 Å². The van der Waals surface area contributed by atoms with Crippen LogP contribution in [0, 0.1) is 6.92 Å². The highest BCUT2D eigenvalue weighted by atomic mass is 16.3. The summed E-state index contributed by atoms with van der Waals surface area (Å²) < 4.78 is 1.76. The Hall–Kier alpha value is -1.68. The molecule has 1 heterocycles. The number of hydrogen-bond donors (Lipinski definition) is 1. The molecule has 0 bridgehead atoms. The molecular formula is C12H15N3O. The Kier molecular flexibility index (Phi) is 3.31. The molecule has 0 amide bonds. The van der Waals surface area contributed by atoms with E-state index in [0.29, 0.717) is 13.0 Å². The van der Waals surface area contributed by atoms with Crippen LogP contribution in [-0.4, -0.2) is 26.7 Å². The zero-order valence-electron chi connectivity index (χ0n) is 9.30. The molecule has 1 N–H and O–H groups in total. The maximum Gasteiger partial charge on any atom is 0.113 e. The van der Waals surface area contributed by atoms with Gasteiger partial charge in [0.15, 0.2) is 0 Å². The number of nitrogens with zero attached hydrogens (tertiary/aromatic N) is 3. The third kappa shape index (κ3) is 2.28. The zero-order valence-corrected chi connectivity index (χ0v) is 9.30. The Labute approximate surface area is 94.5 Å². The summed E-state index contributed by atoms with van der Waals surface area (Å²) in [4.78, 5) is 0. The Balaban J connectivity index is 2.22. The van der Waals surface area contributed by atoms with Gasteiger partial charge in [-0.1, -0.05) is 29.5 Å². The van der Waals surface area contributed by atoms with Crippen LogP contribution >= 0.6 is 0 Å². The Morgan fingerprint density at radius 3 is 2.88 bits per heavy atom. The molecule has 4 nitrogen and oxygen atoms in total. The molecule has 1 aromatic carbocycles. The molecule has 0 radical (unpaired) electrons. The second-order valence-corrected chi connectivity index (χ2v) is 3.76. The molecule has 0 spiro atoms. The standard InChI is InChI=1S/C12H15N3O/c1-10-5-2-3-6-11(10)12-9-15(14-13-12)7-4-8-16/h2-3,5-6,9,16H,4,7-8H2,1H3. The topological polar surface area (TPSA) is 50.9 Å². The Morgan fingerprint density at radius 2 is 2.12 bits per heavy atom. The van der Waals surface area contributed by atoms with E-state index in [0.717, 1.165) is 11.3 Å². The van der Waals surface area contributed by atoms with Gasteiger partial charge in [0.1, 0.15) is 5.69 Å². The monoisotopic (exact) mass is 217 g/mol. The summed E-state index contributed by atoms with van der Waals surface area (Å²) >= 11 is 0. The van der Waals surface area contributed by atoms with Crippen molar-refractivity contribution in [3.05, 3.63) is 36.0 Å². The number of hydrogen-bond acceptors (Lipinski definition) is 3. The van der Waals surface area contributed by atoms with Crippen molar-refractivity contribution >= 4 is 0 Å². The maximum atomic E-state index is 8.73. The van der Waals surface area contributed by atoms with Crippen molar-refractivity contribution in [2.75, 3.05) is 6.61 Å². The van der Waals surface area contributed by atoms with Crippen molar-refractivity contribution in [1.29, 1.82) is 0 Å². The maximum absolute atomic E-state index is 8.73. The van der Waals surface area contributed by atoms with E-state index in [1.54, 1.807) is 4.68 Å². The minimum Gasteiger partial charge on any atom is -0.396 e. The third-order valence-electron chi connectivity index (χ3n) is 2.50. The van der Waals surface area contributed by atoms with E-state index in [2.05, 4.69) is 23.3 Å². The van der Waals surface area contributed by atoms with Crippen LogP contribution in [0.5, 0.6) is 0 Å². The molecule has 0 fully saturated rings. The summed E-state index contributed by atoms with van der Waals surface area (Å²) in [6.07, 6.45) is 2.62. The van der Waals surface area contributed by atoms with Gasteiger partial charge in [0.2, 0.25) is 0 Å². The van der Waals surface area contributed by atoms with E-state index < -0.39 is 0 Å². The van der Waals surface area contributed by atoms with Crippen molar-refractivity contribution in [3.63, 3.8) is 0 Å². The highest BCUT2D eigenvalue weighted by Crippen LogP contribution is 2.19. The summed E-state index contributed by atoms with van der Waals surface area (Å²) in [5.41, 5.74) is 3.19. The normalized spacial score (nSPS) is 10.6. The average Bonchev–Trinajstić information content (AvgIpc) is 2.75. The average molecular weight is 217 g/mol. The molecule has 0 aliphatic heterocycles. The van der Waals surface area contributed by atoms with Gasteiger partial charge in [-0.05, 0) is 18.9 Å². The van der Waals surface area contributed by atoms with Crippen molar-refractivity contribution in [2.45, 2.75) is 19.9 Å². The van der Waals surface area contributed by atoms with E-state index >= 15 is 0 Å². The van der Waals surface area contributed by atoms with Crippen molar-refractivity contribution in [2.24, 2.45) is 0 Å². The predicted octanol–water partition coefficient (Wildman–Crippen LogP) is 1.64. The minimum atomic E-state index is 0.180. The van der Waals surface area contributed by atoms with Crippen molar-refractivity contribution < 1.29 is 5.11 Å². The number of benzene rings is 1. The number of aliphatic hydroxyl groups excluding tert-OH is 1. The molecular weight excluding hydrogens is 202 g/mol. The van der Waals surface area contributed by atoms with Crippen LogP contribution < -0.4 is 0 Å². The van der Waals surface area contributed by atoms with Crippen LogP contribution in [0.1, 0.15) is 12.0 Å². The number of aliphatic hydroxyl groups is 1. The van der Waals surface area contributed by atoms with E-state index in [4.69, 9.17) is 5.11 Å². The zero-order chi connectivity index (χ0) is 11.4. The molecule has 16 heavy (non-hydrogen) atoms. The Morgan fingerprint density at radius 1 is 1.31 bits per heavy atom. The lowest BCUT2D eigenvalue weighted by molar-refractivity contribution is 0.276. The fourth-order valence-corrected chi connectivity index (χ4v) is 1.62. The van der Waals surface area contributed by atoms with Gasteiger partial charge in [-0.15, -0.1) is 5.10 Å². The lowest BCUT2D eigenvalue weighted by Gasteiger charge is -1.99. The fraction of sp³-hybridized carbons (Fsp3) is 0.333. The lowest BCUT2D eigenvalue weighted by Crippen LogP contribution is -2.00. The quantitative estimate of drug-likeness (QED) is 0.847. The highest BCUT2D eigenvalue weighted by Gasteiger charge is 2.05. The van der Waals surface area contributed by atoms with Crippen molar-refractivity contribution in [1.82, 2.24) is 15.0 Å². The van der Waals surface area contributed by atoms with E-state index in [-0.39, 0.29) is 6.61 Å². The van der Waals surface area contributed by atoms with Crippen molar-refractivity contribution in [3.8, 4) is 11.3 Å². The minimum absolute atomic E-state index is 0.180. The Bertz CT molecular complexity index is 465. The van der Waals surface area contributed by atoms with Gasteiger partial charge in [-0.25, -0.2) is 0 Å². The summed E-state index contributed by atoms with van der Waals surface area (Å²) in [5.74, 6) is 0. The van der Waals surface area contributed by atoms with Crippen LogP contribution in [0.3, 0.4) is 0 Å². The molecule has 2 rings (SSSR count). The van der Waals surface area contributed by atoms with Gasteiger partial charge in [0.05, 0.1) is 6.20 Å². The smallest absolute Gasteiger partial charge is 0.113 e. The van der Waals surface area contributed by atoms with Gasteiger partial charge < -0.3 is 5.11 Å². The summed E-state index contributed by atoms with van der Waals surface area (Å²) in [7, 11) is 0. The first-order valence-electron chi connectivity index (χ1n) is 5.38. The fourth-order valence-electron chi connectivity index (χ4n) is 1.62. The summed E-state index contributed by atoms with van der Waals surface area (Å²) in [6.45, 7) is 2.94. The molecule has 0 unspecified atom stereocenters. The molecule has 0 atom stereocenters. The predicted molar refractivity (Wildman–Crippen MR) is 61.9 cm³/mol. The highest BCUT2D eigenvalue weighted by molar-refractivity contribution is 5.61. The van der Waals surface area contributed by atoms with Crippen LogP contribution in [-0.2, 0) is 6.54 Å². The second-order valence-electron chi connectivity index (χ2n) is 3.76. The first-order chi connectivity index (χ1) is 7.81. The number of aryl methyl sites for hydroxylation is 2.